The first-order chi connectivity index (χ1) is 10.1. The van der Waals surface area contributed by atoms with Crippen molar-refractivity contribution in [2.75, 3.05) is 59.0 Å². The summed E-state index contributed by atoms with van der Waals surface area (Å²) in [6.07, 6.45) is 5.19. The van der Waals surface area contributed by atoms with E-state index in [0.717, 1.165) is 26.2 Å². The Hall–Kier alpha value is -1.66. The number of aliphatic hydroxyl groups excluding tert-OH is 1. The van der Waals surface area contributed by atoms with Crippen LogP contribution in [0, 0.1) is 12.3 Å². The third-order valence-electron chi connectivity index (χ3n) is 3.33. The monoisotopic (exact) mass is 298 g/mol. The third kappa shape index (κ3) is 6.10. The lowest BCUT2D eigenvalue weighted by atomic mass is 10.3. The second kappa shape index (κ2) is 9.31. The van der Waals surface area contributed by atoms with E-state index in [4.69, 9.17) is 16.7 Å². The number of hydrogen-bond acceptors (Lipinski definition) is 6. The zero-order valence-electron chi connectivity index (χ0n) is 12.0. The normalized spacial score (nSPS) is 16.2. The molecule has 21 heavy (non-hydrogen) atoms. The Morgan fingerprint density at radius 3 is 2.38 bits per heavy atom. The predicted molar refractivity (Wildman–Crippen MR) is 75.3 cm³/mol. The standard InChI is InChI=1S/C13H22N4O4/c1-2-3-17(10-12(19)14-21)13(20)11-16-6-4-15(5-7-16)8-9-18/h1,18,21H,3-11H2,(H,14,19). The molecule has 2 amide bonds. The van der Waals surface area contributed by atoms with Crippen LogP contribution >= 0.6 is 0 Å². The van der Waals surface area contributed by atoms with E-state index in [9.17, 15) is 9.59 Å². The molecule has 0 aromatic heterocycles. The van der Waals surface area contributed by atoms with Gasteiger partial charge < -0.3 is 10.0 Å². The minimum Gasteiger partial charge on any atom is -0.395 e. The van der Waals surface area contributed by atoms with E-state index >= 15 is 0 Å². The van der Waals surface area contributed by atoms with Crippen LogP contribution < -0.4 is 5.48 Å². The number of nitrogens with one attached hydrogen (secondary N) is 1. The smallest absolute Gasteiger partial charge is 0.262 e. The summed E-state index contributed by atoms with van der Waals surface area (Å²) in [5.41, 5.74) is 1.49. The highest BCUT2D eigenvalue weighted by Gasteiger charge is 2.22. The van der Waals surface area contributed by atoms with Crippen LogP contribution in [0.1, 0.15) is 0 Å². The van der Waals surface area contributed by atoms with Gasteiger partial charge in [0, 0.05) is 32.7 Å². The number of carbonyl (C=O) groups is 2. The van der Waals surface area contributed by atoms with Crippen molar-refractivity contribution in [3.05, 3.63) is 0 Å². The maximum atomic E-state index is 12.1. The molecule has 118 valence electrons. The zero-order valence-corrected chi connectivity index (χ0v) is 12.0. The van der Waals surface area contributed by atoms with Crippen molar-refractivity contribution in [3.8, 4) is 12.3 Å². The molecule has 0 unspecified atom stereocenters. The van der Waals surface area contributed by atoms with Crippen LogP contribution in [-0.4, -0.2) is 95.8 Å². The molecule has 0 spiro atoms. The number of aliphatic hydroxyl groups is 1. The second-order valence-corrected chi connectivity index (χ2v) is 4.83. The quantitative estimate of drug-likeness (QED) is 0.275. The van der Waals surface area contributed by atoms with Crippen molar-refractivity contribution in [2.45, 2.75) is 0 Å². The molecule has 1 aliphatic rings. The average molecular weight is 298 g/mol. The van der Waals surface area contributed by atoms with Crippen LogP contribution in [0.25, 0.3) is 0 Å². The molecule has 0 atom stereocenters. The van der Waals surface area contributed by atoms with Gasteiger partial charge in [-0.15, -0.1) is 6.42 Å². The van der Waals surface area contributed by atoms with E-state index in [2.05, 4.69) is 10.8 Å². The average Bonchev–Trinajstić information content (AvgIpc) is 2.48. The van der Waals surface area contributed by atoms with Crippen LogP contribution in [0.3, 0.4) is 0 Å². The summed E-state index contributed by atoms with van der Waals surface area (Å²) in [6, 6.07) is 0. The Balaban J connectivity index is 2.43. The number of rotatable bonds is 7. The van der Waals surface area contributed by atoms with E-state index in [1.54, 1.807) is 0 Å². The fourth-order valence-corrected chi connectivity index (χ4v) is 2.15. The maximum absolute atomic E-state index is 12.1. The number of β-amino-alcohol motifs (C(OH)–C–C–N with tert-alkyl or cyclic N) is 1. The summed E-state index contributed by atoms with van der Waals surface area (Å²) in [7, 11) is 0. The predicted octanol–water partition coefficient (Wildman–Crippen LogP) is -2.44. The van der Waals surface area contributed by atoms with Gasteiger partial charge in [0.2, 0.25) is 5.91 Å². The van der Waals surface area contributed by atoms with Gasteiger partial charge in [-0.1, -0.05) is 5.92 Å². The van der Waals surface area contributed by atoms with Crippen molar-refractivity contribution in [1.82, 2.24) is 20.2 Å². The van der Waals surface area contributed by atoms with Crippen LogP contribution in [0.5, 0.6) is 0 Å². The second-order valence-electron chi connectivity index (χ2n) is 4.83. The van der Waals surface area contributed by atoms with Crippen molar-refractivity contribution in [2.24, 2.45) is 0 Å². The Labute approximate surface area is 124 Å². The Morgan fingerprint density at radius 1 is 1.24 bits per heavy atom. The highest BCUT2D eigenvalue weighted by atomic mass is 16.5. The molecule has 8 heteroatoms. The molecule has 1 saturated heterocycles. The summed E-state index contributed by atoms with van der Waals surface area (Å²) >= 11 is 0. The van der Waals surface area contributed by atoms with Crippen molar-refractivity contribution < 1.29 is 19.9 Å². The lowest BCUT2D eigenvalue weighted by Crippen LogP contribution is -2.51. The van der Waals surface area contributed by atoms with Gasteiger partial charge in [-0.05, 0) is 0 Å². The minimum atomic E-state index is -0.675. The molecule has 1 heterocycles. The van der Waals surface area contributed by atoms with Gasteiger partial charge in [-0.3, -0.25) is 24.6 Å². The van der Waals surface area contributed by atoms with E-state index in [0.29, 0.717) is 6.54 Å². The fourth-order valence-electron chi connectivity index (χ4n) is 2.15. The zero-order chi connectivity index (χ0) is 15.7. The summed E-state index contributed by atoms with van der Waals surface area (Å²) in [5, 5.41) is 17.4. The van der Waals surface area contributed by atoms with Crippen molar-refractivity contribution >= 4 is 11.8 Å². The Kier molecular flexibility index (Phi) is 7.71. The summed E-state index contributed by atoms with van der Waals surface area (Å²) in [5.74, 6) is 1.41. The van der Waals surface area contributed by atoms with Crippen LogP contribution in [0.4, 0.5) is 0 Å². The molecule has 0 aromatic carbocycles. The summed E-state index contributed by atoms with van der Waals surface area (Å²) < 4.78 is 0. The molecule has 0 saturated carbocycles. The number of hydrogen-bond donors (Lipinski definition) is 3. The van der Waals surface area contributed by atoms with Gasteiger partial charge in [0.25, 0.3) is 5.91 Å². The first-order valence-electron chi connectivity index (χ1n) is 6.80. The first-order valence-corrected chi connectivity index (χ1v) is 6.80. The van der Waals surface area contributed by atoms with Gasteiger partial charge in [-0.25, -0.2) is 5.48 Å². The fraction of sp³-hybridized carbons (Fsp3) is 0.692. The molecule has 1 rings (SSSR count). The molecular weight excluding hydrogens is 276 g/mol. The van der Waals surface area contributed by atoms with E-state index < -0.39 is 5.91 Å². The molecule has 1 aliphatic heterocycles. The lowest BCUT2D eigenvalue weighted by molar-refractivity contribution is -0.139. The molecule has 0 aliphatic carbocycles. The third-order valence-corrected chi connectivity index (χ3v) is 3.33. The molecule has 0 radical (unpaired) electrons. The number of carbonyl (C=O) groups excluding carboxylic acids is 2. The number of amides is 2. The molecule has 3 N–H and O–H groups in total. The van der Waals surface area contributed by atoms with Crippen LogP contribution in [-0.2, 0) is 9.59 Å². The van der Waals surface area contributed by atoms with Gasteiger partial charge in [0.15, 0.2) is 0 Å². The Morgan fingerprint density at radius 2 is 1.86 bits per heavy atom. The van der Waals surface area contributed by atoms with Crippen molar-refractivity contribution in [1.29, 1.82) is 0 Å². The highest BCUT2D eigenvalue weighted by Crippen LogP contribution is 2.02. The summed E-state index contributed by atoms with van der Waals surface area (Å²) in [4.78, 5) is 28.6. The molecule has 0 aromatic rings. The summed E-state index contributed by atoms with van der Waals surface area (Å²) in [6.45, 7) is 3.75. The Bertz CT molecular complexity index is 388. The van der Waals surface area contributed by atoms with E-state index in [1.165, 1.54) is 10.4 Å². The van der Waals surface area contributed by atoms with Crippen LogP contribution in [0.2, 0.25) is 0 Å². The minimum absolute atomic E-state index is 0.0245. The van der Waals surface area contributed by atoms with Crippen molar-refractivity contribution in [3.63, 3.8) is 0 Å². The molecule has 0 bridgehead atoms. The van der Waals surface area contributed by atoms with Gasteiger partial charge >= 0.3 is 0 Å². The lowest BCUT2D eigenvalue weighted by Gasteiger charge is -2.34. The number of nitrogens with zero attached hydrogens (tertiary/aromatic N) is 3. The topological polar surface area (TPSA) is 96.4 Å². The largest absolute Gasteiger partial charge is 0.395 e. The molecule has 8 nitrogen and oxygen atoms in total. The highest BCUT2D eigenvalue weighted by molar-refractivity contribution is 5.85. The number of piperazine rings is 1. The van der Waals surface area contributed by atoms with Gasteiger partial charge in [-0.2, -0.15) is 0 Å². The SMILES string of the molecule is C#CCN(CC(=O)NO)C(=O)CN1CCN(CCO)CC1. The van der Waals surface area contributed by atoms with E-state index in [-0.39, 0.29) is 32.1 Å². The van der Waals surface area contributed by atoms with Gasteiger partial charge in [0.1, 0.15) is 6.54 Å². The first kappa shape index (κ1) is 17.4. The molecular formula is C13H22N4O4. The number of terminal acetylenes is 1. The van der Waals surface area contributed by atoms with Crippen LogP contribution in [0.15, 0.2) is 0 Å². The molecule has 1 fully saturated rings. The maximum Gasteiger partial charge on any atom is 0.262 e. The van der Waals surface area contributed by atoms with Gasteiger partial charge in [0.05, 0.1) is 19.7 Å². The van der Waals surface area contributed by atoms with E-state index in [1.807, 2.05) is 4.90 Å². The number of hydroxylamine groups is 1.